The van der Waals surface area contributed by atoms with Crippen molar-refractivity contribution in [2.75, 3.05) is 13.1 Å². The molecule has 0 amide bonds. The molecule has 2 unspecified atom stereocenters. The van der Waals surface area contributed by atoms with Gasteiger partial charge in [-0.1, -0.05) is 48.5 Å². The summed E-state index contributed by atoms with van der Waals surface area (Å²) in [4.78, 5) is 0. The first kappa shape index (κ1) is 16.2. The molecule has 25 heavy (non-hydrogen) atoms. The first-order chi connectivity index (χ1) is 12.3. The molecule has 0 bridgehead atoms. The van der Waals surface area contributed by atoms with Crippen molar-refractivity contribution in [2.24, 2.45) is 0 Å². The van der Waals surface area contributed by atoms with Gasteiger partial charge in [0.25, 0.3) is 0 Å². The predicted octanol–water partition coefficient (Wildman–Crippen LogP) is 4.64. The van der Waals surface area contributed by atoms with E-state index in [1.807, 2.05) is 12.1 Å². The highest BCUT2D eigenvalue weighted by Gasteiger charge is 2.27. The molecule has 3 aromatic rings. The fraction of sp³-hybridized carbons (Fsp3) is 0.273. The summed E-state index contributed by atoms with van der Waals surface area (Å²) in [6.45, 7) is 2.39. The van der Waals surface area contributed by atoms with Crippen molar-refractivity contribution in [2.45, 2.75) is 25.0 Å². The van der Waals surface area contributed by atoms with Gasteiger partial charge in [-0.15, -0.1) is 0 Å². The van der Waals surface area contributed by atoms with Crippen LogP contribution in [-0.2, 0) is 11.3 Å². The lowest BCUT2D eigenvalue weighted by Gasteiger charge is -2.32. The van der Waals surface area contributed by atoms with Gasteiger partial charge in [-0.3, -0.25) is 0 Å². The molecular formula is C22H22FNO. The highest BCUT2D eigenvalue weighted by molar-refractivity contribution is 5.82. The predicted molar refractivity (Wildman–Crippen MR) is 99.2 cm³/mol. The minimum Gasteiger partial charge on any atom is -0.372 e. The average Bonchev–Trinajstić information content (AvgIpc) is 2.67. The minimum absolute atomic E-state index is 0.102. The van der Waals surface area contributed by atoms with Crippen molar-refractivity contribution >= 4 is 10.8 Å². The Kier molecular flexibility index (Phi) is 4.77. The highest BCUT2D eigenvalue weighted by Crippen LogP contribution is 2.28. The van der Waals surface area contributed by atoms with Crippen molar-refractivity contribution < 1.29 is 9.13 Å². The van der Waals surface area contributed by atoms with Crippen LogP contribution in [-0.4, -0.2) is 19.2 Å². The van der Waals surface area contributed by atoms with Crippen LogP contribution in [0.4, 0.5) is 4.39 Å². The van der Waals surface area contributed by atoms with E-state index in [0.717, 1.165) is 25.1 Å². The fourth-order valence-electron chi connectivity index (χ4n) is 3.63. The third-order valence-electron chi connectivity index (χ3n) is 5.00. The van der Waals surface area contributed by atoms with Crippen LogP contribution in [0.5, 0.6) is 0 Å². The molecule has 3 aromatic carbocycles. The van der Waals surface area contributed by atoms with Gasteiger partial charge in [0.2, 0.25) is 0 Å². The summed E-state index contributed by atoms with van der Waals surface area (Å²) in [5.74, 6) is 0.119. The number of hydrogen-bond acceptors (Lipinski definition) is 2. The van der Waals surface area contributed by atoms with Crippen LogP contribution in [0.3, 0.4) is 0 Å². The van der Waals surface area contributed by atoms with E-state index >= 15 is 0 Å². The van der Waals surface area contributed by atoms with Crippen molar-refractivity contribution in [3.8, 4) is 0 Å². The van der Waals surface area contributed by atoms with Crippen molar-refractivity contribution in [3.05, 3.63) is 83.7 Å². The van der Waals surface area contributed by atoms with E-state index in [2.05, 4.69) is 47.8 Å². The Balaban J connectivity index is 1.48. The maximum Gasteiger partial charge on any atom is 0.123 e. The van der Waals surface area contributed by atoms with Crippen LogP contribution in [0, 0.1) is 5.82 Å². The lowest BCUT2D eigenvalue weighted by Crippen LogP contribution is -2.40. The summed E-state index contributed by atoms with van der Waals surface area (Å²) in [5.41, 5.74) is 2.34. The molecule has 4 rings (SSSR count). The minimum atomic E-state index is -0.189. The van der Waals surface area contributed by atoms with Crippen LogP contribution in [0.25, 0.3) is 10.8 Å². The second-order valence-corrected chi connectivity index (χ2v) is 6.68. The molecule has 1 aliphatic heterocycles. The quantitative estimate of drug-likeness (QED) is 0.750. The molecule has 0 aromatic heterocycles. The van der Waals surface area contributed by atoms with E-state index in [1.165, 1.54) is 28.5 Å². The number of halogens is 1. The van der Waals surface area contributed by atoms with Gasteiger partial charge in [0.15, 0.2) is 0 Å². The van der Waals surface area contributed by atoms with Gasteiger partial charge >= 0.3 is 0 Å². The Morgan fingerprint density at radius 3 is 2.60 bits per heavy atom. The normalized spacial score (nSPS) is 20.7. The number of fused-ring (bicyclic) bond motifs is 1. The molecule has 1 fully saturated rings. The van der Waals surface area contributed by atoms with Gasteiger partial charge in [-0.2, -0.15) is 0 Å². The van der Waals surface area contributed by atoms with E-state index in [1.54, 1.807) is 0 Å². The molecule has 1 N–H and O–H groups in total. The maximum absolute atomic E-state index is 13.2. The van der Waals surface area contributed by atoms with Gasteiger partial charge in [0, 0.05) is 12.5 Å². The Morgan fingerprint density at radius 2 is 1.76 bits per heavy atom. The number of piperidine rings is 1. The first-order valence-corrected chi connectivity index (χ1v) is 8.85. The lowest BCUT2D eigenvalue weighted by molar-refractivity contribution is 0.0106. The van der Waals surface area contributed by atoms with Gasteiger partial charge in [0.1, 0.15) is 5.82 Å². The number of hydrogen-bond donors (Lipinski definition) is 1. The molecule has 0 saturated carbocycles. The van der Waals surface area contributed by atoms with E-state index < -0.39 is 0 Å². The Morgan fingerprint density at radius 1 is 0.960 bits per heavy atom. The topological polar surface area (TPSA) is 21.3 Å². The Bertz CT molecular complexity index is 846. The SMILES string of the molecule is Fc1ccc(C2CCNCC2OCc2ccc3ccccc3c2)cc1. The molecule has 1 saturated heterocycles. The lowest BCUT2D eigenvalue weighted by atomic mass is 9.88. The van der Waals surface area contributed by atoms with Crippen molar-refractivity contribution in [1.82, 2.24) is 5.32 Å². The average molecular weight is 335 g/mol. The molecule has 0 spiro atoms. The van der Waals surface area contributed by atoms with Gasteiger partial charge in [-0.25, -0.2) is 4.39 Å². The standard InChI is InChI=1S/C22H22FNO/c23-20-9-7-18(8-10-20)21-11-12-24-14-22(21)25-15-16-5-6-17-3-1-2-4-19(17)13-16/h1-10,13,21-22,24H,11-12,14-15H2. The fourth-order valence-corrected chi connectivity index (χ4v) is 3.63. The van der Waals surface area contributed by atoms with Crippen LogP contribution >= 0.6 is 0 Å². The van der Waals surface area contributed by atoms with E-state index in [9.17, 15) is 4.39 Å². The molecule has 0 radical (unpaired) electrons. The van der Waals surface area contributed by atoms with Crippen LogP contribution in [0.2, 0.25) is 0 Å². The third-order valence-corrected chi connectivity index (χ3v) is 5.00. The van der Waals surface area contributed by atoms with Gasteiger partial charge < -0.3 is 10.1 Å². The van der Waals surface area contributed by atoms with Crippen LogP contribution in [0.15, 0.2) is 66.7 Å². The van der Waals surface area contributed by atoms with Crippen LogP contribution < -0.4 is 5.32 Å². The molecule has 1 heterocycles. The Hall–Kier alpha value is -2.23. The summed E-state index contributed by atoms with van der Waals surface area (Å²) in [5, 5.41) is 5.89. The summed E-state index contributed by atoms with van der Waals surface area (Å²) in [6, 6.07) is 21.7. The molecule has 2 nitrogen and oxygen atoms in total. The van der Waals surface area contributed by atoms with E-state index in [-0.39, 0.29) is 11.9 Å². The Labute approximate surface area is 147 Å². The van der Waals surface area contributed by atoms with Crippen LogP contribution in [0.1, 0.15) is 23.5 Å². The van der Waals surface area contributed by atoms with Gasteiger partial charge in [0.05, 0.1) is 12.7 Å². The second kappa shape index (κ2) is 7.34. The number of benzene rings is 3. The molecule has 3 heteroatoms. The zero-order chi connectivity index (χ0) is 17.1. The maximum atomic E-state index is 13.2. The number of nitrogens with one attached hydrogen (secondary N) is 1. The zero-order valence-corrected chi connectivity index (χ0v) is 14.1. The highest BCUT2D eigenvalue weighted by atomic mass is 19.1. The largest absolute Gasteiger partial charge is 0.372 e. The van der Waals surface area contributed by atoms with Crippen molar-refractivity contribution in [1.29, 1.82) is 0 Å². The van der Waals surface area contributed by atoms with Crippen molar-refractivity contribution in [3.63, 3.8) is 0 Å². The number of rotatable bonds is 4. The van der Waals surface area contributed by atoms with E-state index in [0.29, 0.717) is 12.5 Å². The molecular weight excluding hydrogens is 313 g/mol. The monoisotopic (exact) mass is 335 g/mol. The molecule has 128 valence electrons. The van der Waals surface area contributed by atoms with Gasteiger partial charge in [-0.05, 0) is 53.1 Å². The zero-order valence-electron chi connectivity index (χ0n) is 14.1. The first-order valence-electron chi connectivity index (χ1n) is 8.85. The number of ether oxygens (including phenoxy) is 1. The van der Waals surface area contributed by atoms with E-state index in [4.69, 9.17) is 4.74 Å². The summed E-state index contributed by atoms with van der Waals surface area (Å²) in [6.07, 6.45) is 1.11. The summed E-state index contributed by atoms with van der Waals surface area (Å²) < 4.78 is 19.5. The third kappa shape index (κ3) is 3.73. The smallest absolute Gasteiger partial charge is 0.123 e. The molecule has 2 atom stereocenters. The summed E-state index contributed by atoms with van der Waals surface area (Å²) >= 11 is 0. The molecule has 0 aliphatic carbocycles. The molecule has 1 aliphatic rings. The summed E-state index contributed by atoms with van der Waals surface area (Å²) in [7, 11) is 0. The second-order valence-electron chi connectivity index (χ2n) is 6.68.